The fourth-order valence-electron chi connectivity index (χ4n) is 2.04. The minimum atomic E-state index is -0.182. The molecule has 22 heavy (non-hydrogen) atoms. The molecule has 112 valence electrons. The number of aromatic nitrogens is 4. The number of halogens is 1. The van der Waals surface area contributed by atoms with E-state index in [1.807, 2.05) is 24.3 Å². The van der Waals surface area contributed by atoms with Crippen LogP contribution in [0, 0.1) is 0 Å². The molecule has 3 aromatic rings. The Morgan fingerprint density at radius 2 is 2.05 bits per heavy atom. The van der Waals surface area contributed by atoms with E-state index in [9.17, 15) is 4.79 Å². The lowest BCUT2D eigenvalue weighted by atomic mass is 10.1. The number of H-pyrrole nitrogens is 1. The minimum Gasteiger partial charge on any atom is -0.356 e. The molecule has 0 radical (unpaired) electrons. The SMILES string of the molecule is O=C(NCc1ccc(Cn2cncn2)cc1)c1cc(Cl)c[nH]1. The lowest BCUT2D eigenvalue weighted by Gasteiger charge is -2.06. The number of carbonyl (C=O) groups is 1. The summed E-state index contributed by atoms with van der Waals surface area (Å²) in [5, 5.41) is 7.42. The quantitative estimate of drug-likeness (QED) is 0.758. The van der Waals surface area contributed by atoms with Crippen LogP contribution in [-0.2, 0) is 13.1 Å². The molecule has 0 fully saturated rings. The van der Waals surface area contributed by atoms with E-state index in [0.717, 1.165) is 11.1 Å². The Bertz CT molecular complexity index is 749. The van der Waals surface area contributed by atoms with Gasteiger partial charge in [-0.25, -0.2) is 9.67 Å². The van der Waals surface area contributed by atoms with Crippen LogP contribution in [-0.4, -0.2) is 25.7 Å². The fourth-order valence-corrected chi connectivity index (χ4v) is 2.20. The number of aromatic amines is 1. The van der Waals surface area contributed by atoms with Gasteiger partial charge in [-0.15, -0.1) is 0 Å². The van der Waals surface area contributed by atoms with Crippen LogP contribution in [0.4, 0.5) is 0 Å². The van der Waals surface area contributed by atoms with Crippen LogP contribution in [0.3, 0.4) is 0 Å². The van der Waals surface area contributed by atoms with E-state index < -0.39 is 0 Å². The van der Waals surface area contributed by atoms with E-state index in [2.05, 4.69) is 20.4 Å². The van der Waals surface area contributed by atoms with E-state index in [-0.39, 0.29) is 5.91 Å². The van der Waals surface area contributed by atoms with Crippen LogP contribution in [0.2, 0.25) is 5.02 Å². The number of carbonyl (C=O) groups excluding carboxylic acids is 1. The number of nitrogens with zero attached hydrogens (tertiary/aromatic N) is 3. The first-order chi connectivity index (χ1) is 10.7. The maximum atomic E-state index is 11.9. The summed E-state index contributed by atoms with van der Waals surface area (Å²) in [5.74, 6) is -0.182. The van der Waals surface area contributed by atoms with Crippen molar-refractivity contribution < 1.29 is 4.79 Å². The highest BCUT2D eigenvalue weighted by molar-refractivity contribution is 6.30. The Kier molecular flexibility index (Phi) is 4.20. The smallest absolute Gasteiger partial charge is 0.268 e. The van der Waals surface area contributed by atoms with Crippen LogP contribution in [0.1, 0.15) is 21.6 Å². The number of amides is 1. The van der Waals surface area contributed by atoms with Gasteiger partial charge in [-0.2, -0.15) is 5.10 Å². The van der Waals surface area contributed by atoms with Crippen molar-refractivity contribution >= 4 is 17.5 Å². The third-order valence-electron chi connectivity index (χ3n) is 3.18. The van der Waals surface area contributed by atoms with Crippen molar-refractivity contribution in [1.29, 1.82) is 0 Å². The van der Waals surface area contributed by atoms with E-state index >= 15 is 0 Å². The molecule has 6 nitrogen and oxygen atoms in total. The zero-order valence-corrected chi connectivity index (χ0v) is 12.4. The summed E-state index contributed by atoms with van der Waals surface area (Å²) in [6, 6.07) is 9.57. The van der Waals surface area contributed by atoms with E-state index in [1.165, 1.54) is 6.33 Å². The van der Waals surface area contributed by atoms with Gasteiger partial charge >= 0.3 is 0 Å². The van der Waals surface area contributed by atoms with Crippen molar-refractivity contribution in [2.24, 2.45) is 0 Å². The Hall–Kier alpha value is -2.60. The Morgan fingerprint density at radius 3 is 2.68 bits per heavy atom. The molecule has 0 bridgehead atoms. The van der Waals surface area contributed by atoms with E-state index in [4.69, 9.17) is 11.6 Å². The molecule has 1 amide bonds. The van der Waals surface area contributed by atoms with Gasteiger partial charge < -0.3 is 10.3 Å². The summed E-state index contributed by atoms with van der Waals surface area (Å²) in [6.07, 6.45) is 4.77. The van der Waals surface area contributed by atoms with Gasteiger partial charge in [-0.3, -0.25) is 4.79 Å². The molecule has 7 heteroatoms. The zero-order chi connectivity index (χ0) is 15.4. The number of benzene rings is 1. The molecular formula is C15H14ClN5O. The first kappa shape index (κ1) is 14.3. The number of hydrogen-bond acceptors (Lipinski definition) is 3. The predicted octanol–water partition coefficient (Wildman–Crippen LogP) is 2.24. The van der Waals surface area contributed by atoms with Gasteiger partial charge in [-0.1, -0.05) is 35.9 Å². The van der Waals surface area contributed by atoms with Crippen LogP contribution in [0.15, 0.2) is 49.2 Å². The second kappa shape index (κ2) is 6.44. The molecule has 0 aliphatic carbocycles. The molecular weight excluding hydrogens is 302 g/mol. The van der Waals surface area contributed by atoms with Crippen LogP contribution < -0.4 is 5.32 Å². The summed E-state index contributed by atoms with van der Waals surface area (Å²) in [4.78, 5) is 18.6. The highest BCUT2D eigenvalue weighted by Gasteiger charge is 2.07. The Labute approximate surface area is 132 Å². The Morgan fingerprint density at radius 1 is 1.27 bits per heavy atom. The molecule has 3 rings (SSSR count). The standard InChI is InChI=1S/C15H14ClN5O/c16-13-5-14(18-7-13)15(22)19-6-11-1-3-12(4-2-11)8-21-10-17-9-20-21/h1-5,7,9-10,18H,6,8H2,(H,19,22). The van der Waals surface area contributed by atoms with Crippen LogP contribution in [0.25, 0.3) is 0 Å². The van der Waals surface area contributed by atoms with Crippen molar-refractivity contribution in [3.05, 3.63) is 71.0 Å². The molecule has 0 aliphatic rings. The maximum absolute atomic E-state index is 11.9. The molecule has 1 aromatic carbocycles. The lowest BCUT2D eigenvalue weighted by Crippen LogP contribution is -2.23. The third kappa shape index (κ3) is 3.53. The van der Waals surface area contributed by atoms with Crippen molar-refractivity contribution in [3.8, 4) is 0 Å². The molecule has 0 saturated carbocycles. The van der Waals surface area contributed by atoms with E-state index in [1.54, 1.807) is 23.3 Å². The Balaban J connectivity index is 1.56. The maximum Gasteiger partial charge on any atom is 0.268 e. The highest BCUT2D eigenvalue weighted by atomic mass is 35.5. The largest absolute Gasteiger partial charge is 0.356 e. The van der Waals surface area contributed by atoms with Crippen LogP contribution >= 0.6 is 11.6 Å². The summed E-state index contributed by atoms with van der Waals surface area (Å²) in [6.45, 7) is 1.13. The van der Waals surface area contributed by atoms with Crippen molar-refractivity contribution in [3.63, 3.8) is 0 Å². The molecule has 0 aliphatic heterocycles. The minimum absolute atomic E-state index is 0.182. The van der Waals surface area contributed by atoms with Gasteiger partial charge in [0.25, 0.3) is 5.91 Å². The molecule has 0 unspecified atom stereocenters. The van der Waals surface area contributed by atoms with Gasteiger partial charge in [-0.05, 0) is 17.2 Å². The first-order valence-corrected chi connectivity index (χ1v) is 7.11. The second-order valence-corrected chi connectivity index (χ2v) is 5.26. The van der Waals surface area contributed by atoms with Crippen molar-refractivity contribution in [2.45, 2.75) is 13.1 Å². The summed E-state index contributed by atoms with van der Waals surface area (Å²) in [5.41, 5.74) is 2.60. The van der Waals surface area contributed by atoms with Crippen molar-refractivity contribution in [2.75, 3.05) is 0 Å². The van der Waals surface area contributed by atoms with Gasteiger partial charge in [0.15, 0.2) is 0 Å². The van der Waals surface area contributed by atoms with Gasteiger partial charge in [0.2, 0.25) is 0 Å². The predicted molar refractivity (Wildman–Crippen MR) is 82.5 cm³/mol. The fraction of sp³-hybridized carbons (Fsp3) is 0.133. The van der Waals surface area contributed by atoms with Crippen LogP contribution in [0.5, 0.6) is 0 Å². The summed E-state index contributed by atoms with van der Waals surface area (Å²) >= 11 is 5.77. The van der Waals surface area contributed by atoms with Gasteiger partial charge in [0.1, 0.15) is 18.3 Å². The highest BCUT2D eigenvalue weighted by Crippen LogP contribution is 2.10. The summed E-state index contributed by atoms with van der Waals surface area (Å²) < 4.78 is 1.76. The number of rotatable bonds is 5. The molecule has 0 spiro atoms. The zero-order valence-electron chi connectivity index (χ0n) is 11.7. The molecule has 0 saturated heterocycles. The molecule has 2 aromatic heterocycles. The van der Waals surface area contributed by atoms with Gasteiger partial charge in [0, 0.05) is 12.7 Å². The van der Waals surface area contributed by atoms with Crippen molar-refractivity contribution in [1.82, 2.24) is 25.1 Å². The molecule has 2 N–H and O–H groups in total. The second-order valence-electron chi connectivity index (χ2n) is 4.82. The molecule has 0 atom stereocenters. The average Bonchev–Trinajstić information content (AvgIpc) is 3.18. The third-order valence-corrected chi connectivity index (χ3v) is 3.40. The van der Waals surface area contributed by atoms with E-state index in [0.29, 0.717) is 23.8 Å². The molecule has 2 heterocycles. The first-order valence-electron chi connectivity index (χ1n) is 6.73. The normalized spacial score (nSPS) is 10.6. The topological polar surface area (TPSA) is 75.6 Å². The van der Waals surface area contributed by atoms with Gasteiger partial charge in [0.05, 0.1) is 11.6 Å². The lowest BCUT2D eigenvalue weighted by molar-refractivity contribution is 0.0946. The summed E-state index contributed by atoms with van der Waals surface area (Å²) in [7, 11) is 0. The number of nitrogens with one attached hydrogen (secondary N) is 2. The number of hydrogen-bond donors (Lipinski definition) is 2. The average molecular weight is 316 g/mol. The monoisotopic (exact) mass is 315 g/mol.